The molecule has 0 aromatic heterocycles. The summed E-state index contributed by atoms with van der Waals surface area (Å²) in [5, 5.41) is 3.35. The van der Waals surface area contributed by atoms with Crippen molar-refractivity contribution in [3.63, 3.8) is 0 Å². The van der Waals surface area contributed by atoms with Gasteiger partial charge in [-0.25, -0.2) is 0 Å². The van der Waals surface area contributed by atoms with Gasteiger partial charge in [0.25, 0.3) is 0 Å². The van der Waals surface area contributed by atoms with Crippen molar-refractivity contribution in [2.24, 2.45) is 0 Å². The molecule has 0 fully saturated rings. The molecule has 1 unspecified atom stereocenters. The molecule has 1 atom stereocenters. The maximum atomic E-state index is 6.18. The lowest BCUT2D eigenvalue weighted by molar-refractivity contribution is 0.295. The van der Waals surface area contributed by atoms with Gasteiger partial charge in [-0.05, 0) is 50.3 Å². The van der Waals surface area contributed by atoms with E-state index in [-0.39, 0.29) is 0 Å². The Labute approximate surface area is 160 Å². The van der Waals surface area contributed by atoms with Crippen LogP contribution in [0.15, 0.2) is 18.2 Å². The van der Waals surface area contributed by atoms with Crippen LogP contribution in [0.3, 0.4) is 0 Å². The van der Waals surface area contributed by atoms with Gasteiger partial charge in [-0.3, -0.25) is 0 Å². The molecule has 138 valence electrons. The van der Waals surface area contributed by atoms with E-state index in [9.17, 15) is 0 Å². The lowest BCUT2D eigenvalue weighted by Crippen LogP contribution is -2.34. The molecule has 0 saturated heterocycles. The molecule has 0 radical (unpaired) electrons. The fourth-order valence-electron chi connectivity index (χ4n) is 2.54. The topological polar surface area (TPSA) is 33.7 Å². The van der Waals surface area contributed by atoms with E-state index in [1.165, 1.54) is 0 Å². The number of ether oxygens (including phenoxy) is 2. The highest BCUT2D eigenvalue weighted by molar-refractivity contribution is 6.68. The number of rotatable bonds is 10. The second-order valence-electron chi connectivity index (χ2n) is 5.42. The van der Waals surface area contributed by atoms with Crippen LogP contribution >= 0.6 is 34.8 Å². The monoisotopic (exact) mass is 396 g/mol. The molecule has 24 heavy (non-hydrogen) atoms. The average Bonchev–Trinajstić information content (AvgIpc) is 2.56. The van der Waals surface area contributed by atoms with Gasteiger partial charge in [0.2, 0.25) is 3.79 Å². The van der Waals surface area contributed by atoms with Gasteiger partial charge in [-0.1, -0.05) is 54.7 Å². The predicted molar refractivity (Wildman–Crippen MR) is 103 cm³/mol. The summed E-state index contributed by atoms with van der Waals surface area (Å²) in [5.41, 5.74) is 0.843. The van der Waals surface area contributed by atoms with Crippen molar-refractivity contribution in [1.82, 2.24) is 10.2 Å². The molecule has 0 aliphatic carbocycles. The van der Waals surface area contributed by atoms with Gasteiger partial charge in [0, 0.05) is 0 Å². The minimum atomic E-state index is -1.46. The van der Waals surface area contributed by atoms with Crippen molar-refractivity contribution < 1.29 is 9.47 Å². The van der Waals surface area contributed by atoms with Gasteiger partial charge in [0.15, 0.2) is 11.5 Å². The van der Waals surface area contributed by atoms with E-state index in [1.54, 1.807) is 14.2 Å². The van der Waals surface area contributed by atoms with E-state index >= 15 is 0 Å². The zero-order chi connectivity index (χ0) is 18.2. The third-order valence-electron chi connectivity index (χ3n) is 3.96. The molecule has 0 amide bonds. The molecule has 1 aromatic rings. The Bertz CT molecular complexity index is 491. The number of hydrogen-bond donors (Lipinski definition) is 1. The minimum Gasteiger partial charge on any atom is -0.493 e. The summed E-state index contributed by atoms with van der Waals surface area (Å²) in [6, 6.07) is 5.10. The summed E-state index contributed by atoms with van der Waals surface area (Å²) in [4.78, 5) is 2.36. The van der Waals surface area contributed by atoms with Crippen LogP contribution in [-0.2, 0) is 0 Å². The van der Waals surface area contributed by atoms with Crippen molar-refractivity contribution in [3.05, 3.63) is 23.8 Å². The fraction of sp³-hybridized carbons (Fsp3) is 0.647. The van der Waals surface area contributed by atoms with E-state index in [4.69, 9.17) is 44.3 Å². The molecule has 7 heteroatoms. The number of alkyl halides is 3. The average molecular weight is 398 g/mol. The quantitative estimate of drug-likeness (QED) is 0.467. The zero-order valence-corrected chi connectivity index (χ0v) is 17.0. The van der Waals surface area contributed by atoms with Crippen molar-refractivity contribution in [2.45, 2.75) is 30.1 Å². The van der Waals surface area contributed by atoms with Crippen LogP contribution in [0.4, 0.5) is 0 Å². The number of nitrogens with zero attached hydrogens (tertiary/aromatic N) is 1. The molecular weight excluding hydrogens is 371 g/mol. The van der Waals surface area contributed by atoms with E-state index in [0.717, 1.165) is 38.2 Å². The standard InChI is InChI=1S/C17H27Cl3N2O2/c1-5-22(6-2)11-7-10-21-16(17(18,19)20)13-8-9-14(23-3)15(12-13)24-4/h8-9,12,16,21H,5-7,10-11H2,1-4H3. The van der Waals surface area contributed by atoms with Crippen molar-refractivity contribution in [1.29, 1.82) is 0 Å². The Morgan fingerprint density at radius 2 is 1.71 bits per heavy atom. The van der Waals surface area contributed by atoms with Crippen LogP contribution in [0.25, 0.3) is 0 Å². The van der Waals surface area contributed by atoms with Gasteiger partial charge >= 0.3 is 0 Å². The van der Waals surface area contributed by atoms with E-state index in [0.29, 0.717) is 11.5 Å². The SMILES string of the molecule is CCN(CC)CCCNC(c1ccc(OC)c(OC)c1)C(Cl)(Cl)Cl. The third kappa shape index (κ3) is 6.49. The first kappa shape index (κ1) is 21.7. The molecule has 0 bridgehead atoms. The van der Waals surface area contributed by atoms with E-state index in [2.05, 4.69) is 24.1 Å². The third-order valence-corrected chi connectivity index (χ3v) is 4.62. The number of nitrogens with one attached hydrogen (secondary N) is 1. The zero-order valence-electron chi connectivity index (χ0n) is 14.7. The minimum absolute atomic E-state index is 0.431. The second kappa shape index (κ2) is 10.6. The lowest BCUT2D eigenvalue weighted by Gasteiger charge is -2.27. The summed E-state index contributed by atoms with van der Waals surface area (Å²) in [6.07, 6.45) is 0.978. The highest BCUT2D eigenvalue weighted by Crippen LogP contribution is 2.41. The van der Waals surface area contributed by atoms with Gasteiger partial charge in [0.1, 0.15) is 0 Å². The van der Waals surface area contributed by atoms with Crippen molar-refractivity contribution >= 4 is 34.8 Å². The Morgan fingerprint density at radius 1 is 1.08 bits per heavy atom. The first-order valence-corrected chi connectivity index (χ1v) is 9.25. The molecule has 0 aliphatic heterocycles. The molecule has 0 heterocycles. The molecule has 0 spiro atoms. The van der Waals surface area contributed by atoms with E-state index < -0.39 is 9.83 Å². The highest BCUT2D eigenvalue weighted by Gasteiger charge is 2.34. The predicted octanol–water partition coefficient (Wildman–Crippen LogP) is 4.44. The largest absolute Gasteiger partial charge is 0.493 e. The smallest absolute Gasteiger partial charge is 0.209 e. The maximum absolute atomic E-state index is 6.18. The van der Waals surface area contributed by atoms with Gasteiger partial charge in [0.05, 0.1) is 20.3 Å². The Morgan fingerprint density at radius 3 is 2.21 bits per heavy atom. The highest BCUT2D eigenvalue weighted by atomic mass is 35.6. The summed E-state index contributed by atoms with van der Waals surface area (Å²) in [5.74, 6) is 1.25. The molecular formula is C17H27Cl3N2O2. The van der Waals surface area contributed by atoms with Gasteiger partial charge in [-0.2, -0.15) is 0 Å². The van der Waals surface area contributed by atoms with Crippen molar-refractivity contribution in [2.75, 3.05) is 40.4 Å². The lowest BCUT2D eigenvalue weighted by atomic mass is 10.1. The first-order chi connectivity index (χ1) is 11.4. The summed E-state index contributed by atoms with van der Waals surface area (Å²) in [7, 11) is 3.18. The van der Waals surface area contributed by atoms with E-state index in [1.807, 2.05) is 18.2 Å². The molecule has 4 nitrogen and oxygen atoms in total. The van der Waals surface area contributed by atoms with Crippen LogP contribution in [0.2, 0.25) is 0 Å². The fourth-order valence-corrected chi connectivity index (χ4v) is 3.15. The number of methoxy groups -OCH3 is 2. The summed E-state index contributed by atoms with van der Waals surface area (Å²) < 4.78 is 9.13. The van der Waals surface area contributed by atoms with Gasteiger partial charge < -0.3 is 19.7 Å². The summed E-state index contributed by atoms with van der Waals surface area (Å²) in [6.45, 7) is 8.16. The summed E-state index contributed by atoms with van der Waals surface area (Å²) >= 11 is 18.6. The van der Waals surface area contributed by atoms with Crippen LogP contribution in [0, 0.1) is 0 Å². The molecule has 0 aliphatic rings. The molecule has 1 aromatic carbocycles. The number of hydrogen-bond acceptors (Lipinski definition) is 4. The van der Waals surface area contributed by atoms with Gasteiger partial charge in [-0.15, -0.1) is 0 Å². The Hall–Kier alpha value is -0.390. The number of halogens is 3. The molecule has 1 rings (SSSR count). The Balaban J connectivity index is 2.80. The van der Waals surface area contributed by atoms with Crippen molar-refractivity contribution in [3.8, 4) is 11.5 Å². The van der Waals surface area contributed by atoms with Crippen LogP contribution in [0.1, 0.15) is 31.9 Å². The second-order valence-corrected chi connectivity index (χ2v) is 7.79. The number of benzene rings is 1. The molecule has 0 saturated carbocycles. The normalized spacial score (nSPS) is 13.2. The first-order valence-electron chi connectivity index (χ1n) is 8.11. The maximum Gasteiger partial charge on any atom is 0.209 e. The van der Waals surface area contributed by atoms with Crippen LogP contribution in [0.5, 0.6) is 11.5 Å². The van der Waals surface area contributed by atoms with Crippen LogP contribution in [-0.4, -0.2) is 49.1 Å². The molecule has 1 N–H and O–H groups in total. The Kier molecular flexibility index (Phi) is 9.53. The van der Waals surface area contributed by atoms with Crippen LogP contribution < -0.4 is 14.8 Å².